The van der Waals surface area contributed by atoms with Crippen LogP contribution in [0.1, 0.15) is 29.2 Å². The third-order valence-corrected chi connectivity index (χ3v) is 4.20. The van der Waals surface area contributed by atoms with Crippen LogP contribution in [0, 0.1) is 5.82 Å². The highest BCUT2D eigenvalue weighted by atomic mass is 35.5. The zero-order valence-corrected chi connectivity index (χ0v) is 12.4. The molecular weight excluding hydrogens is 311 g/mol. The van der Waals surface area contributed by atoms with Crippen LogP contribution >= 0.6 is 11.6 Å². The summed E-state index contributed by atoms with van der Waals surface area (Å²) in [7, 11) is 0. The van der Waals surface area contributed by atoms with Crippen molar-refractivity contribution in [3.8, 4) is 0 Å². The van der Waals surface area contributed by atoms with Crippen molar-refractivity contribution in [3.05, 3.63) is 51.4 Å². The van der Waals surface area contributed by atoms with Crippen LogP contribution in [-0.2, 0) is 0 Å². The number of hydrogen-bond donors (Lipinski definition) is 1. The summed E-state index contributed by atoms with van der Waals surface area (Å²) in [6.45, 7) is 1.02. The van der Waals surface area contributed by atoms with Gasteiger partial charge in [0.15, 0.2) is 0 Å². The lowest BCUT2D eigenvalue weighted by atomic mass is 10.0. The summed E-state index contributed by atoms with van der Waals surface area (Å²) >= 11 is 5.93. The maximum Gasteiger partial charge on any atom is 0.343 e. The zero-order valence-electron chi connectivity index (χ0n) is 11.6. The van der Waals surface area contributed by atoms with Crippen molar-refractivity contribution in [2.24, 2.45) is 0 Å². The molecule has 0 saturated carbocycles. The summed E-state index contributed by atoms with van der Waals surface area (Å²) in [4.78, 5) is 25.6. The van der Waals surface area contributed by atoms with Crippen LogP contribution in [0.3, 0.4) is 0 Å². The zero-order chi connectivity index (χ0) is 15.7. The minimum atomic E-state index is -0.473. The van der Waals surface area contributed by atoms with Crippen LogP contribution < -0.4 is 5.69 Å². The summed E-state index contributed by atoms with van der Waals surface area (Å²) in [5.74, 6) is -0.692. The molecule has 2 aromatic rings. The molecule has 1 aliphatic rings. The maximum atomic E-state index is 13.0. The monoisotopic (exact) mass is 324 g/mol. The smallest absolute Gasteiger partial charge is 0.338 e. The Labute approximate surface area is 130 Å². The number of nitrogens with zero attached hydrogens (tertiary/aromatic N) is 3. The number of rotatable bonds is 2. The van der Waals surface area contributed by atoms with Gasteiger partial charge in [-0.1, -0.05) is 11.6 Å². The number of H-pyrrole nitrogens is 1. The topological polar surface area (TPSA) is 71.0 Å². The predicted molar refractivity (Wildman–Crippen MR) is 78.4 cm³/mol. The number of benzene rings is 1. The molecule has 2 heterocycles. The Morgan fingerprint density at radius 1 is 1.36 bits per heavy atom. The first kappa shape index (κ1) is 14.8. The Morgan fingerprint density at radius 2 is 2.09 bits per heavy atom. The van der Waals surface area contributed by atoms with Gasteiger partial charge >= 0.3 is 5.69 Å². The van der Waals surface area contributed by atoms with E-state index in [-0.39, 0.29) is 22.7 Å². The second kappa shape index (κ2) is 5.92. The Morgan fingerprint density at radius 3 is 2.68 bits per heavy atom. The molecule has 1 amide bonds. The second-order valence-corrected chi connectivity index (χ2v) is 5.62. The van der Waals surface area contributed by atoms with Gasteiger partial charge < -0.3 is 4.90 Å². The number of hydrogen-bond acceptors (Lipinski definition) is 3. The van der Waals surface area contributed by atoms with E-state index in [9.17, 15) is 14.0 Å². The predicted octanol–water partition coefficient (Wildman–Crippen LogP) is 1.84. The van der Waals surface area contributed by atoms with Gasteiger partial charge in [0.25, 0.3) is 5.91 Å². The van der Waals surface area contributed by atoms with E-state index in [4.69, 9.17) is 11.6 Å². The van der Waals surface area contributed by atoms with Gasteiger partial charge in [-0.25, -0.2) is 14.3 Å². The summed E-state index contributed by atoms with van der Waals surface area (Å²) in [5.41, 5.74) is 0.0494. The minimum absolute atomic E-state index is 0.0268. The molecule has 1 aliphatic heterocycles. The first-order valence-corrected chi connectivity index (χ1v) is 7.30. The van der Waals surface area contributed by atoms with Gasteiger partial charge in [0.05, 0.1) is 10.6 Å². The van der Waals surface area contributed by atoms with Crippen LogP contribution in [0.4, 0.5) is 4.39 Å². The molecule has 1 N–H and O–H groups in total. The number of aromatic nitrogens is 3. The third-order valence-electron chi connectivity index (χ3n) is 3.88. The Kier molecular flexibility index (Phi) is 3.98. The van der Waals surface area contributed by atoms with Crippen molar-refractivity contribution in [3.63, 3.8) is 0 Å². The molecule has 3 rings (SSSR count). The van der Waals surface area contributed by atoms with Crippen LogP contribution in [-0.4, -0.2) is 38.7 Å². The summed E-state index contributed by atoms with van der Waals surface area (Å²) < 4.78 is 14.6. The molecule has 0 aliphatic carbocycles. The van der Waals surface area contributed by atoms with Crippen molar-refractivity contribution in [1.29, 1.82) is 0 Å². The number of likely N-dealkylation sites (tertiary alicyclic amines) is 1. The number of carbonyl (C=O) groups excluding carboxylic acids is 1. The van der Waals surface area contributed by atoms with Gasteiger partial charge in [0.1, 0.15) is 12.1 Å². The van der Waals surface area contributed by atoms with E-state index >= 15 is 0 Å². The van der Waals surface area contributed by atoms with Crippen molar-refractivity contribution in [2.75, 3.05) is 13.1 Å². The van der Waals surface area contributed by atoms with E-state index in [1.807, 2.05) is 0 Å². The summed E-state index contributed by atoms with van der Waals surface area (Å²) in [6.07, 6.45) is 2.79. The lowest BCUT2D eigenvalue weighted by Crippen LogP contribution is -2.40. The van der Waals surface area contributed by atoms with E-state index in [1.165, 1.54) is 18.5 Å². The van der Waals surface area contributed by atoms with Gasteiger partial charge in [-0.3, -0.25) is 9.36 Å². The highest BCUT2D eigenvalue weighted by Gasteiger charge is 2.26. The molecule has 1 fully saturated rings. The van der Waals surface area contributed by atoms with Crippen molar-refractivity contribution < 1.29 is 9.18 Å². The van der Waals surface area contributed by atoms with Gasteiger partial charge in [0.2, 0.25) is 0 Å². The van der Waals surface area contributed by atoms with Crippen LogP contribution in [0.2, 0.25) is 5.02 Å². The standard InChI is InChI=1S/C14H14ClFN4O2/c15-12-7-9(16)1-2-11(12)13(21)19-5-3-10(4-6-19)20-8-17-18-14(20)22/h1-2,7-8,10H,3-6H2,(H,18,22). The Bertz CT molecular complexity index is 749. The van der Waals surface area contributed by atoms with E-state index in [0.29, 0.717) is 31.5 Å². The highest BCUT2D eigenvalue weighted by Crippen LogP contribution is 2.24. The average Bonchev–Trinajstić information content (AvgIpc) is 2.93. The molecule has 6 nitrogen and oxygen atoms in total. The summed E-state index contributed by atoms with van der Waals surface area (Å²) in [5, 5.41) is 6.18. The first-order chi connectivity index (χ1) is 10.6. The second-order valence-electron chi connectivity index (χ2n) is 5.22. The molecule has 8 heteroatoms. The lowest BCUT2D eigenvalue weighted by molar-refractivity contribution is 0.0693. The molecule has 0 spiro atoms. The fourth-order valence-electron chi connectivity index (χ4n) is 2.70. The van der Waals surface area contributed by atoms with Gasteiger partial charge in [0, 0.05) is 19.1 Å². The number of amides is 1. The number of halogens is 2. The maximum absolute atomic E-state index is 13.0. The fourth-order valence-corrected chi connectivity index (χ4v) is 2.95. The third kappa shape index (κ3) is 2.76. The van der Waals surface area contributed by atoms with Crippen molar-refractivity contribution in [1.82, 2.24) is 19.7 Å². The molecule has 22 heavy (non-hydrogen) atoms. The Balaban J connectivity index is 1.70. The van der Waals surface area contributed by atoms with Crippen LogP contribution in [0.15, 0.2) is 29.3 Å². The SMILES string of the molecule is O=C(c1ccc(F)cc1Cl)N1CCC(n2cn[nH]c2=O)CC1. The molecule has 0 radical (unpaired) electrons. The molecule has 1 aromatic heterocycles. The summed E-state index contributed by atoms with van der Waals surface area (Å²) in [6, 6.07) is 3.77. The number of aromatic amines is 1. The van der Waals surface area contributed by atoms with Crippen molar-refractivity contribution >= 4 is 17.5 Å². The minimum Gasteiger partial charge on any atom is -0.338 e. The molecule has 0 unspecified atom stereocenters. The molecule has 0 bridgehead atoms. The lowest BCUT2D eigenvalue weighted by Gasteiger charge is -2.32. The molecule has 0 atom stereocenters. The van der Waals surface area contributed by atoms with Gasteiger partial charge in [-0.05, 0) is 31.0 Å². The number of carbonyl (C=O) groups is 1. The molecule has 116 valence electrons. The molecule has 1 saturated heterocycles. The highest BCUT2D eigenvalue weighted by molar-refractivity contribution is 6.33. The van der Waals surface area contributed by atoms with E-state index < -0.39 is 5.82 Å². The van der Waals surface area contributed by atoms with E-state index in [1.54, 1.807) is 9.47 Å². The fraction of sp³-hybridized carbons (Fsp3) is 0.357. The first-order valence-electron chi connectivity index (χ1n) is 6.92. The largest absolute Gasteiger partial charge is 0.343 e. The number of piperidine rings is 1. The van der Waals surface area contributed by atoms with Crippen LogP contribution in [0.5, 0.6) is 0 Å². The molecule has 1 aromatic carbocycles. The van der Waals surface area contributed by atoms with E-state index in [0.717, 1.165) is 6.07 Å². The van der Waals surface area contributed by atoms with E-state index in [2.05, 4.69) is 10.2 Å². The van der Waals surface area contributed by atoms with Crippen LogP contribution in [0.25, 0.3) is 0 Å². The van der Waals surface area contributed by atoms with Gasteiger partial charge in [-0.15, -0.1) is 0 Å². The number of nitrogens with one attached hydrogen (secondary N) is 1. The quantitative estimate of drug-likeness (QED) is 0.916. The van der Waals surface area contributed by atoms with Gasteiger partial charge in [-0.2, -0.15) is 5.10 Å². The van der Waals surface area contributed by atoms with Crippen molar-refractivity contribution in [2.45, 2.75) is 18.9 Å². The Hall–Kier alpha value is -2.15. The average molecular weight is 325 g/mol. The normalized spacial score (nSPS) is 16.0. The molecular formula is C14H14ClFN4O2.